The fraction of sp³-hybridized carbons (Fsp3) is 0.462. The van der Waals surface area contributed by atoms with Gasteiger partial charge in [0.1, 0.15) is 5.60 Å². The van der Waals surface area contributed by atoms with E-state index in [-0.39, 0.29) is 18.6 Å². The van der Waals surface area contributed by atoms with Crippen LogP contribution < -0.4 is 5.32 Å². The molecule has 0 aliphatic carbocycles. The van der Waals surface area contributed by atoms with Crippen molar-refractivity contribution in [3.8, 4) is 11.1 Å². The van der Waals surface area contributed by atoms with Crippen LogP contribution >= 0.6 is 0 Å². The van der Waals surface area contributed by atoms with E-state index in [1.165, 1.54) is 0 Å². The Kier molecular flexibility index (Phi) is 9.72. The van der Waals surface area contributed by atoms with Crippen molar-refractivity contribution in [2.24, 2.45) is 5.92 Å². The Hall–Kier alpha value is -2.86. The van der Waals surface area contributed by atoms with Crippen LogP contribution in [0.3, 0.4) is 0 Å². The normalized spacial score (nSPS) is 13.2. The first-order valence-corrected chi connectivity index (χ1v) is 11.0. The number of carbonyl (C=O) groups excluding carboxylic acids is 2. The molecule has 0 fully saturated rings. The highest BCUT2D eigenvalue weighted by Crippen LogP contribution is 2.21. The maximum Gasteiger partial charge on any atom is 0.407 e. The SMILES string of the molecule is CCOC(=O)[C@H](COC)C[C@@H](Cc1ccc(-c2ccccc2)cc1)NC(=O)OC(C)(C)C. The van der Waals surface area contributed by atoms with Gasteiger partial charge in [-0.15, -0.1) is 0 Å². The van der Waals surface area contributed by atoms with Crippen LogP contribution in [0.25, 0.3) is 11.1 Å². The lowest BCUT2D eigenvalue weighted by molar-refractivity contribution is -0.150. The van der Waals surface area contributed by atoms with Gasteiger partial charge < -0.3 is 19.5 Å². The highest BCUT2D eigenvalue weighted by molar-refractivity contribution is 5.73. The second-order valence-electron chi connectivity index (χ2n) is 8.75. The van der Waals surface area contributed by atoms with Crippen LogP contribution in [-0.2, 0) is 25.4 Å². The van der Waals surface area contributed by atoms with Crippen molar-refractivity contribution in [1.29, 1.82) is 0 Å². The van der Waals surface area contributed by atoms with Gasteiger partial charge >= 0.3 is 12.1 Å². The molecule has 0 radical (unpaired) electrons. The smallest absolute Gasteiger partial charge is 0.407 e. The molecular weight excluding hydrogens is 406 g/mol. The summed E-state index contributed by atoms with van der Waals surface area (Å²) in [5, 5.41) is 2.93. The second kappa shape index (κ2) is 12.2. The zero-order valence-electron chi connectivity index (χ0n) is 19.7. The average molecular weight is 442 g/mol. The lowest BCUT2D eigenvalue weighted by Crippen LogP contribution is -2.42. The third-order valence-corrected chi connectivity index (χ3v) is 4.82. The number of alkyl carbamates (subject to hydrolysis) is 1. The molecule has 0 aliphatic rings. The van der Waals surface area contributed by atoms with Crippen LogP contribution in [-0.4, -0.2) is 44.0 Å². The van der Waals surface area contributed by atoms with Gasteiger partial charge in [-0.2, -0.15) is 0 Å². The number of esters is 1. The number of amides is 1. The molecule has 0 spiro atoms. The fourth-order valence-corrected chi connectivity index (χ4v) is 3.45. The van der Waals surface area contributed by atoms with Gasteiger partial charge in [0.15, 0.2) is 0 Å². The van der Waals surface area contributed by atoms with Crippen LogP contribution in [0, 0.1) is 5.92 Å². The molecule has 6 nitrogen and oxygen atoms in total. The topological polar surface area (TPSA) is 73.9 Å². The molecule has 174 valence electrons. The summed E-state index contributed by atoms with van der Waals surface area (Å²) in [5.74, 6) is -0.812. The highest BCUT2D eigenvalue weighted by atomic mass is 16.6. The lowest BCUT2D eigenvalue weighted by atomic mass is 9.94. The van der Waals surface area contributed by atoms with E-state index < -0.39 is 17.6 Å². The quantitative estimate of drug-likeness (QED) is 0.525. The number of benzene rings is 2. The first-order valence-electron chi connectivity index (χ1n) is 11.0. The van der Waals surface area contributed by atoms with Crippen molar-refractivity contribution in [3.05, 3.63) is 60.2 Å². The summed E-state index contributed by atoms with van der Waals surface area (Å²) in [7, 11) is 1.55. The van der Waals surface area contributed by atoms with E-state index in [0.717, 1.165) is 16.7 Å². The summed E-state index contributed by atoms with van der Waals surface area (Å²) in [4.78, 5) is 24.8. The van der Waals surface area contributed by atoms with Crippen LogP contribution in [0.1, 0.15) is 39.7 Å². The zero-order valence-corrected chi connectivity index (χ0v) is 19.7. The van der Waals surface area contributed by atoms with Gasteiger partial charge in [0.2, 0.25) is 0 Å². The van der Waals surface area contributed by atoms with E-state index in [1.807, 2.05) is 51.1 Å². The van der Waals surface area contributed by atoms with Gasteiger partial charge in [0.25, 0.3) is 0 Å². The highest BCUT2D eigenvalue weighted by Gasteiger charge is 2.27. The molecule has 0 saturated carbocycles. The Bertz CT molecular complexity index is 843. The first kappa shape index (κ1) is 25.4. The van der Waals surface area contributed by atoms with Gasteiger partial charge in [-0.25, -0.2) is 4.79 Å². The van der Waals surface area contributed by atoms with E-state index in [2.05, 4.69) is 29.6 Å². The third-order valence-electron chi connectivity index (χ3n) is 4.82. The second-order valence-corrected chi connectivity index (χ2v) is 8.75. The molecule has 6 heteroatoms. The van der Waals surface area contributed by atoms with Crippen molar-refractivity contribution in [2.75, 3.05) is 20.3 Å². The molecule has 2 atom stereocenters. The summed E-state index contributed by atoms with van der Waals surface area (Å²) in [6.45, 7) is 7.73. The number of carbonyl (C=O) groups is 2. The van der Waals surface area contributed by atoms with Crippen molar-refractivity contribution in [1.82, 2.24) is 5.32 Å². The number of hydrogen-bond acceptors (Lipinski definition) is 5. The summed E-state index contributed by atoms with van der Waals surface area (Å²) in [5.41, 5.74) is 2.70. The Labute approximate surface area is 191 Å². The Morgan fingerprint density at radius 1 is 0.969 bits per heavy atom. The molecule has 2 aromatic carbocycles. The maximum absolute atomic E-state index is 12.5. The minimum Gasteiger partial charge on any atom is -0.466 e. The molecule has 2 aromatic rings. The standard InChI is InChI=1S/C26H35NO5/c1-6-31-24(28)22(18-30-5)17-23(27-25(29)32-26(2,3)4)16-19-12-14-21(15-13-19)20-10-8-7-9-11-20/h7-15,22-23H,6,16-18H2,1-5H3,(H,27,29)/t22-,23+/m0/s1. The maximum atomic E-state index is 12.5. The van der Waals surface area contributed by atoms with Gasteiger partial charge in [0, 0.05) is 13.2 Å². The van der Waals surface area contributed by atoms with E-state index in [0.29, 0.717) is 19.4 Å². The summed E-state index contributed by atoms with van der Waals surface area (Å²) >= 11 is 0. The Balaban J connectivity index is 2.17. The Morgan fingerprint density at radius 3 is 2.16 bits per heavy atom. The van der Waals surface area contributed by atoms with Gasteiger partial charge in [-0.05, 0) is 57.2 Å². The molecule has 1 N–H and O–H groups in total. The van der Waals surface area contributed by atoms with Crippen LogP contribution in [0.4, 0.5) is 4.79 Å². The van der Waals surface area contributed by atoms with Crippen molar-refractivity contribution >= 4 is 12.1 Å². The van der Waals surface area contributed by atoms with E-state index >= 15 is 0 Å². The number of methoxy groups -OCH3 is 1. The van der Waals surface area contributed by atoms with Crippen molar-refractivity contribution < 1.29 is 23.8 Å². The predicted octanol–water partition coefficient (Wildman–Crippen LogP) is 5.01. The number of rotatable bonds is 10. The molecule has 0 aromatic heterocycles. The van der Waals surface area contributed by atoms with Crippen molar-refractivity contribution in [2.45, 2.75) is 52.2 Å². The van der Waals surface area contributed by atoms with Gasteiger partial charge in [-0.3, -0.25) is 4.79 Å². The number of nitrogens with one attached hydrogen (secondary N) is 1. The van der Waals surface area contributed by atoms with Gasteiger partial charge in [-0.1, -0.05) is 54.6 Å². The minimum atomic E-state index is -0.612. The van der Waals surface area contributed by atoms with Gasteiger partial charge in [0.05, 0.1) is 19.1 Å². The number of hydrogen-bond donors (Lipinski definition) is 1. The molecule has 2 rings (SSSR count). The van der Waals surface area contributed by atoms with Crippen LogP contribution in [0.2, 0.25) is 0 Å². The summed E-state index contributed by atoms with van der Waals surface area (Å²) < 4.78 is 15.9. The number of ether oxygens (including phenoxy) is 3. The average Bonchev–Trinajstić information content (AvgIpc) is 2.73. The molecule has 1 amide bonds. The van der Waals surface area contributed by atoms with Crippen LogP contribution in [0.15, 0.2) is 54.6 Å². The molecule has 0 bridgehead atoms. The molecule has 0 unspecified atom stereocenters. The monoisotopic (exact) mass is 441 g/mol. The van der Waals surface area contributed by atoms with Crippen molar-refractivity contribution in [3.63, 3.8) is 0 Å². The summed E-state index contributed by atoms with van der Waals surface area (Å²) in [6.07, 6.45) is 0.420. The predicted molar refractivity (Wildman–Crippen MR) is 125 cm³/mol. The molecule has 32 heavy (non-hydrogen) atoms. The van der Waals surface area contributed by atoms with E-state index in [4.69, 9.17) is 14.2 Å². The zero-order chi connectivity index (χ0) is 23.6. The Morgan fingerprint density at radius 2 is 1.59 bits per heavy atom. The minimum absolute atomic E-state index is 0.221. The fourth-order valence-electron chi connectivity index (χ4n) is 3.45. The summed E-state index contributed by atoms with van der Waals surface area (Å²) in [6, 6.07) is 18.0. The third kappa shape index (κ3) is 8.71. The van der Waals surface area contributed by atoms with Crippen LogP contribution in [0.5, 0.6) is 0 Å². The first-order chi connectivity index (χ1) is 15.2. The molecule has 0 saturated heterocycles. The van der Waals surface area contributed by atoms with E-state index in [9.17, 15) is 9.59 Å². The largest absolute Gasteiger partial charge is 0.466 e. The van der Waals surface area contributed by atoms with E-state index in [1.54, 1.807) is 14.0 Å². The molecular formula is C26H35NO5. The molecule has 0 heterocycles. The lowest BCUT2D eigenvalue weighted by Gasteiger charge is -2.26. The molecule has 0 aliphatic heterocycles.